The molecule has 0 aliphatic rings. The summed E-state index contributed by atoms with van der Waals surface area (Å²) in [4.78, 5) is -0.195. The molecule has 2 aromatic rings. The summed E-state index contributed by atoms with van der Waals surface area (Å²) in [7, 11) is -4.30. The van der Waals surface area contributed by atoms with E-state index in [1.165, 1.54) is 56.4 Å². The Morgan fingerprint density at radius 2 is 1.52 bits per heavy atom. The Morgan fingerprint density at radius 1 is 0.889 bits per heavy atom. The van der Waals surface area contributed by atoms with E-state index in [1.54, 1.807) is 18.2 Å². The lowest BCUT2D eigenvalue weighted by Gasteiger charge is -2.13. The number of unbranched alkanes of at least 4 members (excludes halogenated alkanes) is 6. The minimum Gasteiger partial charge on any atom is -0.508 e. The molecule has 0 aromatic heterocycles. The molecule has 0 fully saturated rings. The fourth-order valence-corrected chi connectivity index (χ4v) is 3.41. The maximum Gasteiger partial charge on any atom is 0.294 e. The molecule has 0 saturated heterocycles. The average Bonchev–Trinajstić information content (AvgIpc) is 2.63. The molecule has 0 radical (unpaired) electrons. The van der Waals surface area contributed by atoms with E-state index >= 15 is 0 Å². The zero-order valence-corrected chi connectivity index (χ0v) is 16.5. The maximum atomic E-state index is 11.4. The zero-order valence-electron chi connectivity index (χ0n) is 15.7. The number of phenolic OH excluding ortho intramolecular Hbond substituents is 1. The van der Waals surface area contributed by atoms with Gasteiger partial charge < -0.3 is 9.84 Å². The highest BCUT2D eigenvalue weighted by Gasteiger charge is 2.14. The number of aryl methyl sites for hydroxylation is 1. The van der Waals surface area contributed by atoms with Gasteiger partial charge >= 0.3 is 0 Å². The molecule has 0 aliphatic carbocycles. The lowest BCUT2D eigenvalue weighted by Crippen LogP contribution is -2.00. The van der Waals surface area contributed by atoms with Crippen molar-refractivity contribution in [2.24, 2.45) is 0 Å². The van der Waals surface area contributed by atoms with E-state index in [0.717, 1.165) is 24.8 Å². The first-order valence-corrected chi connectivity index (χ1v) is 10.9. The SMILES string of the molecule is CCCCCCCCCc1ccc(S(=O)(=O)O)cc1Oc1ccc(O)cc1. The summed E-state index contributed by atoms with van der Waals surface area (Å²) in [6.07, 6.45) is 9.09. The summed E-state index contributed by atoms with van der Waals surface area (Å²) < 4.78 is 38.0. The number of benzene rings is 2. The second-order valence-electron chi connectivity index (χ2n) is 6.71. The Balaban J connectivity index is 2.07. The van der Waals surface area contributed by atoms with Gasteiger partial charge in [0.15, 0.2) is 0 Å². The van der Waals surface area contributed by atoms with E-state index in [2.05, 4.69) is 6.92 Å². The van der Waals surface area contributed by atoms with Crippen molar-refractivity contribution in [3.63, 3.8) is 0 Å². The molecule has 148 valence electrons. The lowest BCUT2D eigenvalue weighted by molar-refractivity contribution is 0.458. The summed E-state index contributed by atoms with van der Waals surface area (Å²) >= 11 is 0. The Labute approximate surface area is 161 Å². The minimum atomic E-state index is -4.30. The van der Waals surface area contributed by atoms with Crippen LogP contribution in [0.25, 0.3) is 0 Å². The molecule has 0 amide bonds. The summed E-state index contributed by atoms with van der Waals surface area (Å²) in [5.74, 6) is 1.01. The van der Waals surface area contributed by atoms with Crippen molar-refractivity contribution in [1.82, 2.24) is 0 Å². The number of ether oxygens (including phenoxy) is 1. The zero-order chi connectivity index (χ0) is 19.7. The van der Waals surface area contributed by atoms with Crippen LogP contribution >= 0.6 is 0 Å². The van der Waals surface area contributed by atoms with E-state index in [9.17, 15) is 18.1 Å². The molecule has 0 unspecified atom stereocenters. The maximum absolute atomic E-state index is 11.4. The van der Waals surface area contributed by atoms with Gasteiger partial charge in [0.25, 0.3) is 10.1 Å². The van der Waals surface area contributed by atoms with Crippen molar-refractivity contribution in [1.29, 1.82) is 0 Å². The van der Waals surface area contributed by atoms with Crippen LogP contribution in [0.2, 0.25) is 0 Å². The summed E-state index contributed by atoms with van der Waals surface area (Å²) in [6, 6.07) is 10.6. The molecule has 2 N–H and O–H groups in total. The smallest absolute Gasteiger partial charge is 0.294 e. The Morgan fingerprint density at radius 3 is 2.15 bits per heavy atom. The molecular formula is C21H28O5S. The molecule has 0 spiro atoms. The molecule has 2 rings (SSSR count). The highest BCUT2D eigenvalue weighted by atomic mass is 32.2. The number of hydrogen-bond acceptors (Lipinski definition) is 4. The lowest BCUT2D eigenvalue weighted by atomic mass is 10.0. The third kappa shape index (κ3) is 7.23. The van der Waals surface area contributed by atoms with Crippen molar-refractivity contribution in [3.8, 4) is 17.2 Å². The largest absolute Gasteiger partial charge is 0.508 e. The quantitative estimate of drug-likeness (QED) is 0.377. The molecule has 27 heavy (non-hydrogen) atoms. The fourth-order valence-electron chi connectivity index (χ4n) is 2.91. The van der Waals surface area contributed by atoms with E-state index in [1.807, 2.05) is 0 Å². The number of phenols is 1. The second kappa shape index (κ2) is 10.3. The van der Waals surface area contributed by atoms with Crippen LogP contribution in [0, 0.1) is 0 Å². The third-order valence-corrected chi connectivity index (χ3v) is 5.30. The molecular weight excluding hydrogens is 364 g/mol. The topological polar surface area (TPSA) is 83.8 Å². The number of rotatable bonds is 11. The Hall–Kier alpha value is -2.05. The first-order valence-electron chi connectivity index (χ1n) is 9.47. The van der Waals surface area contributed by atoms with Gasteiger partial charge in [-0.2, -0.15) is 8.42 Å². The van der Waals surface area contributed by atoms with Gasteiger partial charge in [-0.15, -0.1) is 0 Å². The van der Waals surface area contributed by atoms with Crippen molar-refractivity contribution >= 4 is 10.1 Å². The number of hydrogen-bond donors (Lipinski definition) is 2. The van der Waals surface area contributed by atoms with E-state index in [4.69, 9.17) is 4.74 Å². The van der Waals surface area contributed by atoms with Crippen LogP contribution in [-0.2, 0) is 16.5 Å². The van der Waals surface area contributed by atoms with Crippen molar-refractivity contribution < 1.29 is 22.8 Å². The monoisotopic (exact) mass is 392 g/mol. The highest BCUT2D eigenvalue weighted by molar-refractivity contribution is 7.85. The Kier molecular flexibility index (Phi) is 8.13. The van der Waals surface area contributed by atoms with Gasteiger partial charge in [0.1, 0.15) is 17.2 Å². The second-order valence-corrected chi connectivity index (χ2v) is 8.13. The summed E-state index contributed by atoms with van der Waals surface area (Å²) in [5, 5.41) is 9.38. The predicted octanol–water partition coefficient (Wildman–Crippen LogP) is 5.72. The molecule has 0 bridgehead atoms. The average molecular weight is 393 g/mol. The summed E-state index contributed by atoms with van der Waals surface area (Å²) in [5.41, 5.74) is 0.893. The van der Waals surface area contributed by atoms with E-state index < -0.39 is 10.1 Å². The van der Waals surface area contributed by atoms with Crippen LogP contribution in [-0.4, -0.2) is 18.1 Å². The van der Waals surface area contributed by atoms with Gasteiger partial charge in [-0.25, -0.2) is 0 Å². The normalized spacial score (nSPS) is 11.5. The van der Waals surface area contributed by atoms with E-state index in [0.29, 0.717) is 11.5 Å². The van der Waals surface area contributed by atoms with Crippen molar-refractivity contribution in [3.05, 3.63) is 48.0 Å². The predicted molar refractivity (Wildman–Crippen MR) is 106 cm³/mol. The van der Waals surface area contributed by atoms with Crippen LogP contribution in [0.5, 0.6) is 17.2 Å². The first kappa shape index (κ1) is 21.3. The van der Waals surface area contributed by atoms with E-state index in [-0.39, 0.29) is 10.6 Å². The van der Waals surface area contributed by atoms with Crippen LogP contribution in [0.15, 0.2) is 47.4 Å². The van der Waals surface area contributed by atoms with Crippen LogP contribution < -0.4 is 4.74 Å². The Bertz CT molecular complexity index is 813. The van der Waals surface area contributed by atoms with Gasteiger partial charge in [0, 0.05) is 6.07 Å². The molecule has 5 nitrogen and oxygen atoms in total. The van der Waals surface area contributed by atoms with Crippen LogP contribution in [0.3, 0.4) is 0 Å². The molecule has 0 saturated carbocycles. The van der Waals surface area contributed by atoms with Gasteiger partial charge in [-0.1, -0.05) is 51.5 Å². The van der Waals surface area contributed by atoms with Gasteiger partial charge in [0.05, 0.1) is 4.90 Å². The molecule has 0 aliphatic heterocycles. The first-order chi connectivity index (χ1) is 12.9. The highest BCUT2D eigenvalue weighted by Crippen LogP contribution is 2.30. The van der Waals surface area contributed by atoms with Crippen LogP contribution in [0.4, 0.5) is 0 Å². The van der Waals surface area contributed by atoms with Gasteiger partial charge in [-0.3, -0.25) is 4.55 Å². The molecule has 2 aromatic carbocycles. The van der Waals surface area contributed by atoms with Gasteiger partial charge in [-0.05, 0) is 48.7 Å². The molecule has 6 heteroatoms. The number of aromatic hydroxyl groups is 1. The van der Waals surface area contributed by atoms with Gasteiger partial charge in [0.2, 0.25) is 0 Å². The minimum absolute atomic E-state index is 0.123. The molecule has 0 atom stereocenters. The fraction of sp³-hybridized carbons (Fsp3) is 0.429. The third-order valence-electron chi connectivity index (χ3n) is 4.45. The van der Waals surface area contributed by atoms with Crippen molar-refractivity contribution in [2.45, 2.75) is 63.2 Å². The standard InChI is InChI=1S/C21H28O5S/c1-2-3-4-5-6-7-8-9-17-10-15-20(27(23,24)25)16-21(17)26-19-13-11-18(22)12-14-19/h10-16,22H,2-9H2,1H3,(H,23,24,25). The summed E-state index contributed by atoms with van der Waals surface area (Å²) in [6.45, 7) is 2.20. The van der Waals surface area contributed by atoms with Crippen LogP contribution in [0.1, 0.15) is 57.4 Å². The molecule has 0 heterocycles. The van der Waals surface area contributed by atoms with Crippen molar-refractivity contribution in [2.75, 3.05) is 0 Å².